The van der Waals surface area contributed by atoms with Gasteiger partial charge in [-0.05, 0) is 26.0 Å². The average Bonchev–Trinajstić information content (AvgIpc) is 2.71. The number of nitrogens with two attached hydrogens (primary N) is 1. The molecule has 0 saturated carbocycles. The molecule has 96 valence electrons. The molecule has 1 aromatic heterocycles. The zero-order chi connectivity index (χ0) is 13.1. The van der Waals surface area contributed by atoms with Crippen LogP contribution < -0.4 is 10.6 Å². The second-order valence-electron chi connectivity index (χ2n) is 4.47. The lowest BCUT2D eigenvalue weighted by Gasteiger charge is -2.25. The van der Waals surface area contributed by atoms with Gasteiger partial charge in [-0.15, -0.1) is 0 Å². The standard InChI is InChI=1S/C13H17N3S2/c1-9(2)16(8-7-12(14)17)13-15-10-5-3-4-6-11(10)18-13/h3-6,9H,7-8H2,1-2H3,(H2,14,17). The van der Waals surface area contributed by atoms with Crippen LogP contribution in [0.5, 0.6) is 0 Å². The van der Waals surface area contributed by atoms with Gasteiger partial charge < -0.3 is 10.6 Å². The first-order valence-electron chi connectivity index (χ1n) is 5.98. The summed E-state index contributed by atoms with van der Waals surface area (Å²) in [7, 11) is 0. The van der Waals surface area contributed by atoms with Crippen LogP contribution in [0.25, 0.3) is 10.2 Å². The van der Waals surface area contributed by atoms with E-state index < -0.39 is 0 Å². The maximum absolute atomic E-state index is 5.58. The van der Waals surface area contributed by atoms with E-state index in [2.05, 4.69) is 29.8 Å². The first kappa shape index (κ1) is 13.2. The van der Waals surface area contributed by atoms with Crippen molar-refractivity contribution in [1.82, 2.24) is 4.98 Å². The van der Waals surface area contributed by atoms with Crippen molar-refractivity contribution in [2.75, 3.05) is 11.4 Å². The van der Waals surface area contributed by atoms with Crippen molar-refractivity contribution in [2.45, 2.75) is 26.3 Å². The van der Waals surface area contributed by atoms with Crippen molar-refractivity contribution >= 4 is 43.9 Å². The number of thiocarbonyl (C=S) groups is 1. The number of nitrogens with zero attached hydrogens (tertiary/aromatic N) is 2. The molecule has 2 N–H and O–H groups in total. The van der Waals surface area contributed by atoms with Gasteiger partial charge in [0.2, 0.25) is 0 Å². The minimum Gasteiger partial charge on any atom is -0.393 e. The highest BCUT2D eigenvalue weighted by Gasteiger charge is 2.15. The van der Waals surface area contributed by atoms with Crippen LogP contribution in [-0.4, -0.2) is 22.6 Å². The quantitative estimate of drug-likeness (QED) is 0.854. The summed E-state index contributed by atoms with van der Waals surface area (Å²) in [6, 6.07) is 8.59. The Balaban J connectivity index is 2.26. The van der Waals surface area contributed by atoms with Crippen molar-refractivity contribution in [2.24, 2.45) is 5.73 Å². The summed E-state index contributed by atoms with van der Waals surface area (Å²) in [5, 5.41) is 1.04. The van der Waals surface area contributed by atoms with Gasteiger partial charge in [0, 0.05) is 19.0 Å². The molecule has 0 saturated heterocycles. The van der Waals surface area contributed by atoms with E-state index in [0.29, 0.717) is 11.0 Å². The molecule has 0 amide bonds. The molecule has 0 bridgehead atoms. The molecule has 0 atom stereocenters. The van der Waals surface area contributed by atoms with E-state index in [0.717, 1.165) is 23.6 Å². The van der Waals surface area contributed by atoms with E-state index in [1.807, 2.05) is 18.2 Å². The van der Waals surface area contributed by atoms with Crippen LogP contribution in [0.1, 0.15) is 20.3 Å². The lowest BCUT2D eigenvalue weighted by atomic mass is 10.3. The smallest absolute Gasteiger partial charge is 0.186 e. The van der Waals surface area contributed by atoms with Gasteiger partial charge in [0.25, 0.3) is 0 Å². The molecule has 0 spiro atoms. The fourth-order valence-corrected chi connectivity index (χ4v) is 3.00. The van der Waals surface area contributed by atoms with Crippen molar-refractivity contribution in [3.63, 3.8) is 0 Å². The van der Waals surface area contributed by atoms with Crippen LogP contribution in [-0.2, 0) is 0 Å². The first-order valence-corrected chi connectivity index (χ1v) is 7.21. The fourth-order valence-electron chi connectivity index (χ4n) is 1.79. The summed E-state index contributed by atoms with van der Waals surface area (Å²) in [6.45, 7) is 5.14. The first-order chi connectivity index (χ1) is 8.58. The minimum absolute atomic E-state index is 0.389. The maximum atomic E-state index is 5.58. The van der Waals surface area contributed by atoms with E-state index in [-0.39, 0.29) is 0 Å². The van der Waals surface area contributed by atoms with Crippen LogP contribution in [0, 0.1) is 0 Å². The molecule has 1 aromatic carbocycles. The Kier molecular flexibility index (Phi) is 4.14. The number of rotatable bonds is 5. The average molecular weight is 279 g/mol. The highest BCUT2D eigenvalue weighted by Crippen LogP contribution is 2.29. The summed E-state index contributed by atoms with van der Waals surface area (Å²) in [5.41, 5.74) is 6.64. The molecule has 0 unspecified atom stereocenters. The van der Waals surface area contributed by atoms with Crippen molar-refractivity contribution in [3.05, 3.63) is 24.3 Å². The molecule has 5 heteroatoms. The minimum atomic E-state index is 0.389. The van der Waals surface area contributed by atoms with Crippen LogP contribution in [0.2, 0.25) is 0 Å². The maximum Gasteiger partial charge on any atom is 0.186 e. The van der Waals surface area contributed by atoms with E-state index in [1.165, 1.54) is 4.70 Å². The Labute approximate surface area is 117 Å². The molecule has 18 heavy (non-hydrogen) atoms. The van der Waals surface area contributed by atoms with Gasteiger partial charge in [0.05, 0.1) is 15.2 Å². The van der Waals surface area contributed by atoms with E-state index >= 15 is 0 Å². The lowest BCUT2D eigenvalue weighted by Crippen LogP contribution is -2.33. The van der Waals surface area contributed by atoms with Crippen molar-refractivity contribution < 1.29 is 0 Å². The van der Waals surface area contributed by atoms with Gasteiger partial charge >= 0.3 is 0 Å². The summed E-state index contributed by atoms with van der Waals surface area (Å²) in [6.07, 6.45) is 0.726. The molecule has 0 aliphatic heterocycles. The van der Waals surface area contributed by atoms with Gasteiger partial charge in [-0.1, -0.05) is 35.7 Å². The second kappa shape index (κ2) is 5.63. The zero-order valence-electron chi connectivity index (χ0n) is 10.6. The number of hydrogen-bond acceptors (Lipinski definition) is 4. The van der Waals surface area contributed by atoms with Crippen molar-refractivity contribution in [1.29, 1.82) is 0 Å². The molecule has 3 nitrogen and oxygen atoms in total. The summed E-state index contributed by atoms with van der Waals surface area (Å²) >= 11 is 6.66. The number of hydrogen-bond donors (Lipinski definition) is 1. The number of thiazole rings is 1. The molecule has 0 radical (unpaired) electrons. The predicted molar refractivity (Wildman–Crippen MR) is 83.5 cm³/mol. The van der Waals surface area contributed by atoms with E-state index in [1.54, 1.807) is 11.3 Å². The number of benzene rings is 1. The lowest BCUT2D eigenvalue weighted by molar-refractivity contribution is 0.689. The highest BCUT2D eigenvalue weighted by atomic mass is 32.1. The third-order valence-corrected chi connectivity index (χ3v) is 4.03. The Morgan fingerprint density at radius 2 is 2.17 bits per heavy atom. The molecule has 2 aromatic rings. The SMILES string of the molecule is CC(C)N(CCC(N)=S)c1nc2ccccc2s1. The zero-order valence-corrected chi connectivity index (χ0v) is 12.2. The molecular formula is C13H17N3S2. The molecular weight excluding hydrogens is 262 g/mol. The van der Waals surface area contributed by atoms with Crippen LogP contribution in [0.3, 0.4) is 0 Å². The third-order valence-electron chi connectivity index (χ3n) is 2.75. The molecule has 0 aliphatic rings. The van der Waals surface area contributed by atoms with Gasteiger partial charge in [0.1, 0.15) is 0 Å². The molecule has 1 heterocycles. The summed E-state index contributed by atoms with van der Waals surface area (Å²) < 4.78 is 1.22. The Bertz CT molecular complexity index is 515. The van der Waals surface area contributed by atoms with Crippen LogP contribution in [0.4, 0.5) is 5.13 Å². The highest BCUT2D eigenvalue weighted by molar-refractivity contribution is 7.80. The van der Waals surface area contributed by atoms with Gasteiger partial charge in [0.15, 0.2) is 5.13 Å². The molecule has 2 rings (SSSR count). The van der Waals surface area contributed by atoms with Crippen LogP contribution >= 0.6 is 23.6 Å². The van der Waals surface area contributed by atoms with E-state index in [9.17, 15) is 0 Å². The van der Waals surface area contributed by atoms with Gasteiger partial charge in [-0.3, -0.25) is 0 Å². The Morgan fingerprint density at radius 1 is 1.44 bits per heavy atom. The third kappa shape index (κ3) is 2.97. The number of fused-ring (bicyclic) bond motifs is 1. The van der Waals surface area contributed by atoms with Crippen molar-refractivity contribution in [3.8, 4) is 0 Å². The number of aromatic nitrogens is 1. The normalized spacial score (nSPS) is 11.1. The predicted octanol–water partition coefficient (Wildman–Crippen LogP) is 3.19. The fraction of sp³-hybridized carbons (Fsp3) is 0.385. The summed E-state index contributed by atoms with van der Waals surface area (Å²) in [4.78, 5) is 7.48. The van der Waals surface area contributed by atoms with E-state index in [4.69, 9.17) is 18.0 Å². The topological polar surface area (TPSA) is 42.1 Å². The Morgan fingerprint density at radius 3 is 2.78 bits per heavy atom. The number of anilines is 1. The van der Waals surface area contributed by atoms with Crippen LogP contribution in [0.15, 0.2) is 24.3 Å². The Hall–Kier alpha value is -1.20. The summed E-state index contributed by atoms with van der Waals surface area (Å²) in [5.74, 6) is 0. The second-order valence-corrected chi connectivity index (χ2v) is 6.00. The number of para-hydroxylation sites is 1. The molecule has 0 aliphatic carbocycles. The molecule has 0 fully saturated rings. The van der Waals surface area contributed by atoms with Gasteiger partial charge in [-0.25, -0.2) is 4.98 Å². The van der Waals surface area contributed by atoms with Gasteiger partial charge in [-0.2, -0.15) is 0 Å². The largest absolute Gasteiger partial charge is 0.393 e. The monoisotopic (exact) mass is 279 g/mol.